The van der Waals surface area contributed by atoms with Crippen molar-refractivity contribution < 1.29 is 9.90 Å². The van der Waals surface area contributed by atoms with Gasteiger partial charge in [-0.15, -0.1) is 0 Å². The van der Waals surface area contributed by atoms with E-state index >= 15 is 0 Å². The maximum atomic E-state index is 12.3. The molecule has 114 valence electrons. The second-order valence-electron chi connectivity index (χ2n) is 5.15. The predicted octanol–water partition coefficient (Wildman–Crippen LogP) is 4.05. The second-order valence-corrected chi connectivity index (χ2v) is 5.58. The van der Waals surface area contributed by atoms with E-state index in [0.29, 0.717) is 16.3 Å². The lowest BCUT2D eigenvalue weighted by molar-refractivity contribution is -0.113. The summed E-state index contributed by atoms with van der Waals surface area (Å²) in [4.78, 5) is 12.3. The van der Waals surface area contributed by atoms with Crippen LogP contribution in [0.5, 0.6) is 0 Å². The van der Waals surface area contributed by atoms with Gasteiger partial charge in [0.25, 0.3) is 5.91 Å². The molecule has 22 heavy (non-hydrogen) atoms. The molecular formula is C18H18ClNO2. The van der Waals surface area contributed by atoms with Crippen LogP contribution in [0.3, 0.4) is 0 Å². The molecule has 2 rings (SSSR count). The highest BCUT2D eigenvalue weighted by Crippen LogP contribution is 2.16. The zero-order valence-corrected chi connectivity index (χ0v) is 13.3. The first-order valence-corrected chi connectivity index (χ1v) is 7.37. The molecule has 2 aromatic carbocycles. The number of anilines is 1. The molecule has 0 spiro atoms. The van der Waals surface area contributed by atoms with Gasteiger partial charge in [0.15, 0.2) is 0 Å². The summed E-state index contributed by atoms with van der Waals surface area (Å²) < 4.78 is 0. The lowest BCUT2D eigenvalue weighted by Gasteiger charge is -2.12. The average molecular weight is 316 g/mol. The second kappa shape index (κ2) is 7.25. The molecule has 0 aliphatic rings. The highest BCUT2D eigenvalue weighted by atomic mass is 35.5. The van der Waals surface area contributed by atoms with Gasteiger partial charge in [-0.3, -0.25) is 4.79 Å². The summed E-state index contributed by atoms with van der Waals surface area (Å²) in [6.07, 6.45) is 0.783. The molecular weight excluding hydrogens is 298 g/mol. The van der Waals surface area contributed by atoms with Crippen LogP contribution in [0.15, 0.2) is 54.1 Å². The van der Waals surface area contributed by atoms with E-state index in [2.05, 4.69) is 5.32 Å². The number of aryl methyl sites for hydroxylation is 1. The van der Waals surface area contributed by atoms with Crippen molar-refractivity contribution in [3.8, 4) is 0 Å². The van der Waals surface area contributed by atoms with Crippen molar-refractivity contribution in [3.05, 3.63) is 70.3 Å². The van der Waals surface area contributed by atoms with E-state index in [4.69, 9.17) is 11.6 Å². The molecule has 0 fully saturated rings. The molecule has 2 N–H and O–H groups in total. The number of rotatable bonds is 4. The van der Waals surface area contributed by atoms with E-state index < -0.39 is 6.10 Å². The van der Waals surface area contributed by atoms with Crippen LogP contribution in [0.25, 0.3) is 6.08 Å². The third kappa shape index (κ3) is 4.45. The van der Waals surface area contributed by atoms with Gasteiger partial charge in [-0.2, -0.15) is 0 Å². The zero-order valence-electron chi connectivity index (χ0n) is 12.5. The monoisotopic (exact) mass is 315 g/mol. The molecule has 2 aromatic rings. The van der Waals surface area contributed by atoms with E-state index in [1.165, 1.54) is 0 Å². The number of benzene rings is 2. The average Bonchev–Trinajstić information content (AvgIpc) is 2.48. The van der Waals surface area contributed by atoms with Gasteiger partial charge in [0.1, 0.15) is 0 Å². The number of hydrogen-bond donors (Lipinski definition) is 2. The Kier molecular flexibility index (Phi) is 5.36. The minimum atomic E-state index is -0.874. The van der Waals surface area contributed by atoms with Gasteiger partial charge in [-0.05, 0) is 49.8 Å². The number of halogens is 1. The summed E-state index contributed by atoms with van der Waals surface area (Å²) in [5, 5.41) is 13.3. The first-order chi connectivity index (χ1) is 10.5. The minimum absolute atomic E-state index is 0.294. The number of hydrogen-bond acceptors (Lipinski definition) is 2. The fourth-order valence-corrected chi connectivity index (χ4v) is 2.08. The minimum Gasteiger partial charge on any atom is -0.388 e. The van der Waals surface area contributed by atoms with Crippen molar-refractivity contribution in [3.63, 3.8) is 0 Å². The van der Waals surface area contributed by atoms with Gasteiger partial charge in [-0.25, -0.2) is 0 Å². The van der Waals surface area contributed by atoms with Crippen molar-refractivity contribution in [2.75, 3.05) is 5.32 Å². The maximum Gasteiger partial charge on any atom is 0.254 e. The number of carbonyl (C=O) groups is 1. The number of carbonyl (C=O) groups excluding carboxylic acids is 1. The summed E-state index contributed by atoms with van der Waals surface area (Å²) in [5.74, 6) is -0.325. The fraction of sp³-hybridized carbons (Fsp3) is 0.167. The number of aliphatic hydroxyl groups is 1. The first kappa shape index (κ1) is 16.3. The van der Waals surface area contributed by atoms with Crippen LogP contribution in [0.1, 0.15) is 18.1 Å². The third-order valence-electron chi connectivity index (χ3n) is 3.21. The van der Waals surface area contributed by atoms with Crippen LogP contribution in [-0.4, -0.2) is 17.1 Å². The summed E-state index contributed by atoms with van der Waals surface area (Å²) in [6.45, 7) is 3.55. The molecule has 1 unspecified atom stereocenters. The largest absolute Gasteiger partial charge is 0.388 e. The molecule has 0 saturated heterocycles. The van der Waals surface area contributed by atoms with E-state index in [9.17, 15) is 9.90 Å². The Labute approximate surface area is 135 Å². The first-order valence-electron chi connectivity index (χ1n) is 6.99. The van der Waals surface area contributed by atoms with Gasteiger partial charge >= 0.3 is 0 Å². The van der Waals surface area contributed by atoms with Crippen LogP contribution >= 0.6 is 11.6 Å². The smallest absolute Gasteiger partial charge is 0.254 e. The Morgan fingerprint density at radius 2 is 1.73 bits per heavy atom. The zero-order chi connectivity index (χ0) is 16.1. The normalized spacial score (nSPS) is 12.8. The van der Waals surface area contributed by atoms with Crippen molar-refractivity contribution in [2.45, 2.75) is 20.0 Å². The van der Waals surface area contributed by atoms with E-state index in [-0.39, 0.29) is 5.91 Å². The van der Waals surface area contributed by atoms with E-state index in [1.54, 1.807) is 37.3 Å². The molecule has 4 heteroatoms. The van der Waals surface area contributed by atoms with E-state index in [0.717, 1.165) is 11.1 Å². The van der Waals surface area contributed by atoms with Crippen LogP contribution in [0.2, 0.25) is 5.02 Å². The molecule has 1 amide bonds. The van der Waals surface area contributed by atoms with Crippen LogP contribution < -0.4 is 5.32 Å². The lowest BCUT2D eigenvalue weighted by Crippen LogP contribution is -2.21. The van der Waals surface area contributed by atoms with Crippen LogP contribution in [0, 0.1) is 6.92 Å². The highest BCUT2D eigenvalue weighted by Gasteiger charge is 2.15. The third-order valence-corrected chi connectivity index (χ3v) is 3.47. The van der Waals surface area contributed by atoms with Crippen molar-refractivity contribution in [2.24, 2.45) is 0 Å². The molecule has 0 heterocycles. The molecule has 0 aliphatic heterocycles. The predicted molar refractivity (Wildman–Crippen MR) is 90.9 cm³/mol. The maximum absolute atomic E-state index is 12.3. The molecule has 0 saturated carbocycles. The van der Waals surface area contributed by atoms with Gasteiger partial charge in [0, 0.05) is 16.3 Å². The Hall–Kier alpha value is -2.10. The number of aliphatic hydroxyl groups excluding tert-OH is 1. The van der Waals surface area contributed by atoms with Gasteiger partial charge in [-0.1, -0.05) is 41.4 Å². The molecule has 3 nitrogen and oxygen atoms in total. The summed E-state index contributed by atoms with van der Waals surface area (Å²) in [6, 6.07) is 14.6. The molecule has 0 radical (unpaired) electrons. The molecule has 1 atom stereocenters. The Balaban J connectivity index is 2.21. The quantitative estimate of drug-likeness (QED) is 0.836. The topological polar surface area (TPSA) is 49.3 Å². The van der Waals surface area contributed by atoms with E-state index in [1.807, 2.05) is 31.2 Å². The molecule has 0 bridgehead atoms. The number of nitrogens with one attached hydrogen (secondary N) is 1. The van der Waals surface area contributed by atoms with Crippen molar-refractivity contribution in [1.29, 1.82) is 0 Å². The highest BCUT2D eigenvalue weighted by molar-refractivity contribution is 6.30. The van der Waals surface area contributed by atoms with Gasteiger partial charge in [0.2, 0.25) is 0 Å². The molecule has 0 aliphatic carbocycles. The van der Waals surface area contributed by atoms with Crippen LogP contribution in [-0.2, 0) is 4.79 Å². The summed E-state index contributed by atoms with van der Waals surface area (Å²) in [7, 11) is 0. The number of amides is 1. The Morgan fingerprint density at radius 1 is 1.14 bits per heavy atom. The summed E-state index contributed by atoms with van der Waals surface area (Å²) >= 11 is 5.84. The fourth-order valence-electron chi connectivity index (χ4n) is 1.95. The SMILES string of the molecule is Cc1ccc(NC(=O)/C(=C/c2ccc(Cl)cc2)C(C)O)cc1. The Morgan fingerprint density at radius 3 is 2.27 bits per heavy atom. The standard InChI is InChI=1S/C18H18ClNO2/c1-12-3-9-16(10-4-12)20-18(22)17(13(2)21)11-14-5-7-15(19)8-6-14/h3-11,13,21H,1-2H3,(H,20,22)/b17-11+. The van der Waals surface area contributed by atoms with Crippen molar-refractivity contribution >= 4 is 29.3 Å². The Bertz CT molecular complexity index is 673. The van der Waals surface area contributed by atoms with Crippen LogP contribution in [0.4, 0.5) is 5.69 Å². The van der Waals surface area contributed by atoms with Gasteiger partial charge < -0.3 is 10.4 Å². The molecule has 0 aromatic heterocycles. The van der Waals surface area contributed by atoms with Gasteiger partial charge in [0.05, 0.1) is 6.10 Å². The summed E-state index contributed by atoms with van der Waals surface area (Å²) in [5.41, 5.74) is 2.91. The lowest BCUT2D eigenvalue weighted by atomic mass is 10.1. The van der Waals surface area contributed by atoms with Crippen molar-refractivity contribution in [1.82, 2.24) is 0 Å².